The van der Waals surface area contributed by atoms with Crippen molar-refractivity contribution in [3.63, 3.8) is 0 Å². The molecular formula is C12H20O7. The first-order valence-electron chi connectivity index (χ1n) is 4.96. The van der Waals surface area contributed by atoms with E-state index in [1.807, 2.05) is 0 Å². The zero-order valence-electron chi connectivity index (χ0n) is 10.5. The van der Waals surface area contributed by atoms with Crippen molar-refractivity contribution >= 4 is 11.9 Å². The van der Waals surface area contributed by atoms with Crippen LogP contribution >= 0.6 is 0 Å². The van der Waals surface area contributed by atoms with Gasteiger partial charge in [-0.15, -0.1) is 6.58 Å². The van der Waals surface area contributed by atoms with Gasteiger partial charge < -0.3 is 25.5 Å². The SMILES string of the molecule is C=CC(=O)O.C=CC(=O)O.C=CC(CO)(CO)CO. The van der Waals surface area contributed by atoms with Crippen LogP contribution in [0.2, 0.25) is 0 Å². The third-order valence-corrected chi connectivity index (χ3v) is 1.73. The monoisotopic (exact) mass is 276 g/mol. The van der Waals surface area contributed by atoms with Gasteiger partial charge in [-0.1, -0.05) is 19.2 Å². The molecule has 0 heterocycles. The second-order valence-electron chi connectivity index (χ2n) is 3.13. The summed E-state index contributed by atoms with van der Waals surface area (Å²) in [7, 11) is 0. The lowest BCUT2D eigenvalue weighted by molar-refractivity contribution is -0.132. The Hall–Kier alpha value is -1.96. The molecule has 0 aliphatic rings. The minimum absolute atomic E-state index is 0.274. The molecule has 5 N–H and O–H groups in total. The number of hydrogen-bond donors (Lipinski definition) is 5. The fourth-order valence-corrected chi connectivity index (χ4v) is 0.344. The molecule has 0 amide bonds. The van der Waals surface area contributed by atoms with Crippen LogP contribution in [0.5, 0.6) is 0 Å². The van der Waals surface area contributed by atoms with Crippen molar-refractivity contribution in [3.8, 4) is 0 Å². The van der Waals surface area contributed by atoms with Gasteiger partial charge in [-0.25, -0.2) is 9.59 Å². The lowest BCUT2D eigenvalue weighted by Gasteiger charge is -2.21. The zero-order valence-corrected chi connectivity index (χ0v) is 10.5. The standard InChI is InChI=1S/C6H12O3.2C3H4O2/c1-2-6(3-7,4-8)5-9;2*1-2-3(4)5/h2,7-9H,1,3-5H2;2*2H,1H2,(H,4,5). The van der Waals surface area contributed by atoms with Crippen LogP contribution in [0.25, 0.3) is 0 Å². The van der Waals surface area contributed by atoms with Gasteiger partial charge in [0.1, 0.15) is 0 Å². The van der Waals surface area contributed by atoms with Crippen LogP contribution < -0.4 is 0 Å². The molecule has 110 valence electrons. The molecule has 0 aromatic heterocycles. The number of aliphatic hydroxyl groups is 3. The molecule has 0 unspecified atom stereocenters. The lowest BCUT2D eigenvalue weighted by atomic mass is 9.92. The molecule has 0 saturated carbocycles. The molecule has 0 rings (SSSR count). The van der Waals surface area contributed by atoms with Crippen LogP contribution in [0, 0.1) is 5.41 Å². The van der Waals surface area contributed by atoms with Crippen LogP contribution in [0.1, 0.15) is 0 Å². The summed E-state index contributed by atoms with van der Waals surface area (Å²) in [5.41, 5.74) is -0.903. The van der Waals surface area contributed by atoms with E-state index in [9.17, 15) is 9.59 Å². The Morgan fingerprint density at radius 2 is 1.05 bits per heavy atom. The van der Waals surface area contributed by atoms with Crippen molar-refractivity contribution in [2.24, 2.45) is 5.41 Å². The maximum absolute atomic E-state index is 9.25. The van der Waals surface area contributed by atoms with E-state index in [2.05, 4.69) is 19.7 Å². The summed E-state index contributed by atoms with van der Waals surface area (Å²) < 4.78 is 0. The highest BCUT2D eigenvalue weighted by atomic mass is 16.4. The Morgan fingerprint density at radius 3 is 1.05 bits per heavy atom. The predicted octanol–water partition coefficient (Wildman–Crippen LogP) is -0.350. The Balaban J connectivity index is -0.000000219. The van der Waals surface area contributed by atoms with Crippen LogP contribution in [0.3, 0.4) is 0 Å². The summed E-state index contributed by atoms with van der Waals surface area (Å²) in [6.45, 7) is 8.46. The van der Waals surface area contributed by atoms with E-state index in [0.717, 1.165) is 12.2 Å². The second-order valence-corrected chi connectivity index (χ2v) is 3.13. The van der Waals surface area contributed by atoms with Gasteiger partial charge in [-0.2, -0.15) is 0 Å². The van der Waals surface area contributed by atoms with Crippen molar-refractivity contribution in [2.45, 2.75) is 0 Å². The summed E-state index contributed by atoms with van der Waals surface area (Å²) in [6, 6.07) is 0. The molecule has 7 nitrogen and oxygen atoms in total. The quantitative estimate of drug-likeness (QED) is 0.330. The molecule has 0 aliphatic carbocycles. The third-order valence-electron chi connectivity index (χ3n) is 1.73. The van der Waals surface area contributed by atoms with Gasteiger partial charge in [0, 0.05) is 12.2 Å². The maximum atomic E-state index is 9.25. The molecule has 0 aromatic rings. The van der Waals surface area contributed by atoms with E-state index in [4.69, 9.17) is 25.5 Å². The highest BCUT2D eigenvalue weighted by molar-refractivity contribution is 5.79. The molecule has 0 aliphatic heterocycles. The van der Waals surface area contributed by atoms with Crippen LogP contribution in [0.15, 0.2) is 38.0 Å². The average molecular weight is 276 g/mol. The summed E-state index contributed by atoms with van der Waals surface area (Å²) in [5, 5.41) is 41.0. The minimum atomic E-state index is -0.981. The first kappa shape index (κ1) is 22.2. The van der Waals surface area contributed by atoms with Crippen molar-refractivity contribution in [3.05, 3.63) is 38.0 Å². The Labute approximate surface area is 111 Å². The summed E-state index contributed by atoms with van der Waals surface area (Å²) in [4.78, 5) is 18.5. The van der Waals surface area contributed by atoms with Gasteiger partial charge in [-0.05, 0) is 0 Å². The number of aliphatic hydroxyl groups excluding tert-OH is 3. The predicted molar refractivity (Wildman–Crippen MR) is 69.6 cm³/mol. The van der Waals surface area contributed by atoms with Crippen molar-refractivity contribution in [1.29, 1.82) is 0 Å². The van der Waals surface area contributed by atoms with Gasteiger partial charge in [0.2, 0.25) is 0 Å². The fraction of sp³-hybridized carbons (Fsp3) is 0.333. The highest BCUT2D eigenvalue weighted by Crippen LogP contribution is 2.14. The van der Waals surface area contributed by atoms with Gasteiger partial charge in [0.25, 0.3) is 0 Å². The van der Waals surface area contributed by atoms with E-state index >= 15 is 0 Å². The molecule has 0 spiro atoms. The smallest absolute Gasteiger partial charge is 0.327 e. The van der Waals surface area contributed by atoms with E-state index in [-0.39, 0.29) is 19.8 Å². The minimum Gasteiger partial charge on any atom is -0.478 e. The number of rotatable bonds is 6. The van der Waals surface area contributed by atoms with Crippen molar-refractivity contribution < 1.29 is 35.1 Å². The van der Waals surface area contributed by atoms with Gasteiger partial charge in [0.05, 0.1) is 25.2 Å². The second kappa shape index (κ2) is 14.1. The number of carboxylic acid groups (broad SMARTS) is 2. The van der Waals surface area contributed by atoms with E-state index in [0.29, 0.717) is 0 Å². The zero-order chi connectivity index (χ0) is 15.9. The molecule has 19 heavy (non-hydrogen) atoms. The highest BCUT2D eigenvalue weighted by Gasteiger charge is 2.22. The molecule has 0 saturated heterocycles. The molecular weight excluding hydrogens is 256 g/mol. The summed E-state index contributed by atoms with van der Waals surface area (Å²) in [5.74, 6) is -1.96. The third kappa shape index (κ3) is 16.0. The average Bonchev–Trinajstić information content (AvgIpc) is 2.43. The van der Waals surface area contributed by atoms with Crippen LogP contribution in [-0.4, -0.2) is 57.3 Å². The van der Waals surface area contributed by atoms with Crippen molar-refractivity contribution in [1.82, 2.24) is 0 Å². The van der Waals surface area contributed by atoms with E-state index in [1.54, 1.807) is 0 Å². The number of carbonyl (C=O) groups is 2. The normalized spacial score (nSPS) is 8.79. The van der Waals surface area contributed by atoms with Gasteiger partial charge in [-0.3, -0.25) is 0 Å². The maximum Gasteiger partial charge on any atom is 0.327 e. The van der Waals surface area contributed by atoms with Gasteiger partial charge >= 0.3 is 11.9 Å². The fourth-order valence-electron chi connectivity index (χ4n) is 0.344. The van der Waals surface area contributed by atoms with E-state index < -0.39 is 17.4 Å². The van der Waals surface area contributed by atoms with Crippen LogP contribution in [-0.2, 0) is 9.59 Å². The Kier molecular flexibility index (Phi) is 16.5. The molecule has 0 bridgehead atoms. The van der Waals surface area contributed by atoms with Gasteiger partial charge in [0.15, 0.2) is 0 Å². The van der Waals surface area contributed by atoms with Crippen molar-refractivity contribution in [2.75, 3.05) is 19.8 Å². The molecule has 0 radical (unpaired) electrons. The first-order valence-corrected chi connectivity index (χ1v) is 4.96. The number of aliphatic carboxylic acids is 2. The topological polar surface area (TPSA) is 135 Å². The largest absolute Gasteiger partial charge is 0.478 e. The van der Waals surface area contributed by atoms with E-state index in [1.165, 1.54) is 6.08 Å². The molecule has 0 aromatic carbocycles. The Bertz CT molecular complexity index is 266. The number of hydrogen-bond acceptors (Lipinski definition) is 5. The first-order chi connectivity index (χ1) is 8.78. The van der Waals surface area contributed by atoms with Crippen LogP contribution in [0.4, 0.5) is 0 Å². The summed E-state index contributed by atoms with van der Waals surface area (Å²) >= 11 is 0. The summed E-state index contributed by atoms with van der Waals surface area (Å²) in [6.07, 6.45) is 3.02. The molecule has 0 atom stereocenters. The molecule has 0 fully saturated rings. The molecule has 7 heteroatoms. The Morgan fingerprint density at radius 1 is 0.842 bits per heavy atom. The lowest BCUT2D eigenvalue weighted by Crippen LogP contribution is -2.31. The number of carboxylic acids is 2.